The van der Waals surface area contributed by atoms with Crippen LogP contribution in [-0.2, 0) is 35.1 Å². The molecule has 1 fully saturated rings. The molecule has 0 radical (unpaired) electrons. The molecule has 3 atom stereocenters. The number of amides is 2. The second-order valence-electron chi connectivity index (χ2n) is 14.9. The highest BCUT2D eigenvalue weighted by atomic mass is 32.1. The highest BCUT2D eigenvalue weighted by molar-refractivity contribution is 7.82. The van der Waals surface area contributed by atoms with E-state index in [2.05, 4.69) is 34.9 Å². The minimum atomic E-state index is -1.23. The van der Waals surface area contributed by atoms with Gasteiger partial charge in [0.15, 0.2) is 11.5 Å². The number of methoxy groups -OCH3 is 3. The molecule has 0 aliphatic heterocycles. The monoisotopic (exact) mass is 896 g/mol. The number of benzene rings is 3. The average Bonchev–Trinajstić information content (AvgIpc) is 3.57. The maximum absolute atomic E-state index is 12.7. The fourth-order valence-corrected chi connectivity index (χ4v) is 7.64. The molecule has 1 unspecified atom stereocenters. The summed E-state index contributed by atoms with van der Waals surface area (Å²) in [4.78, 5) is 65.5. The molecule has 0 heterocycles. The predicted octanol–water partition coefficient (Wildman–Crippen LogP) is 5.85. The van der Waals surface area contributed by atoms with Crippen molar-refractivity contribution in [1.82, 2.24) is 10.6 Å². The Kier molecular flexibility index (Phi) is 20.8. The third-order valence-corrected chi connectivity index (χ3v) is 10.8. The Bertz CT molecular complexity index is 2000. The molecule has 0 spiro atoms. The van der Waals surface area contributed by atoms with E-state index in [-0.39, 0.29) is 36.7 Å². The minimum absolute atomic E-state index is 0.0473. The van der Waals surface area contributed by atoms with Gasteiger partial charge >= 0.3 is 30.0 Å². The van der Waals surface area contributed by atoms with Gasteiger partial charge in [0.25, 0.3) is 0 Å². The fourth-order valence-electron chi connectivity index (χ4n) is 7.48. The minimum Gasteiger partial charge on any atom is -0.493 e. The van der Waals surface area contributed by atoms with Gasteiger partial charge in [0, 0.05) is 25.7 Å². The summed E-state index contributed by atoms with van der Waals surface area (Å²) in [5.74, 6) is -3.24. The van der Waals surface area contributed by atoms with Gasteiger partial charge in [-0.1, -0.05) is 92.9 Å². The molecule has 342 valence electrons. The largest absolute Gasteiger partial charge is 0.493 e. The van der Waals surface area contributed by atoms with Crippen molar-refractivity contribution >= 4 is 53.0 Å². The van der Waals surface area contributed by atoms with Gasteiger partial charge in [-0.15, -0.1) is 0 Å². The van der Waals surface area contributed by atoms with Crippen molar-refractivity contribution in [3.05, 3.63) is 77.4 Å². The van der Waals surface area contributed by atoms with Gasteiger partial charge in [-0.05, 0) is 58.7 Å². The van der Waals surface area contributed by atoms with Crippen molar-refractivity contribution < 1.29 is 73.2 Å². The van der Waals surface area contributed by atoms with Gasteiger partial charge < -0.3 is 55.1 Å². The van der Waals surface area contributed by atoms with Crippen LogP contribution < -0.4 is 24.8 Å². The maximum atomic E-state index is 12.7. The molecular formula is C45H56N2O15S. The van der Waals surface area contributed by atoms with E-state index in [4.69, 9.17) is 51.6 Å². The van der Waals surface area contributed by atoms with E-state index in [9.17, 15) is 33.9 Å². The van der Waals surface area contributed by atoms with Crippen molar-refractivity contribution in [2.24, 2.45) is 5.92 Å². The van der Waals surface area contributed by atoms with Crippen molar-refractivity contribution in [3.63, 3.8) is 0 Å². The Morgan fingerprint density at radius 1 is 0.778 bits per heavy atom. The van der Waals surface area contributed by atoms with Crippen LogP contribution in [0.25, 0.3) is 11.1 Å². The standard InChI is InChI=1S/C26H31NO5.C12H14O5S.C7H11NO5/c28-24(15-25(29)30)23(14-17-8-2-1-3-9-17)27-26(31)32-16-22-20-12-6-4-10-18(20)19-11-5-7-13-21(19)22;1-15-8-4-7(6-10(18)12(13)14)5-9(16-2)11(8)17-3;1-4(9)8-5(7(12)13)2-3-6(10)11/h4-7,10-13,17,22-24,28H,1-3,8-9,14-16H2,(H,27,31)(H,29,30);4-5H,6H2,1-3H3,(H,13,14);5H,2-3H2,1H3,(H,8,9)(H,10,11)(H,12,13)/t23-,24-;;/m0../s1. The number of carboxylic acid groups (broad SMARTS) is 4. The molecule has 3 aromatic rings. The van der Waals surface area contributed by atoms with E-state index in [1.807, 2.05) is 24.3 Å². The molecule has 3 aromatic carbocycles. The number of ether oxygens (including phenoxy) is 4. The SMILES string of the molecule is CC(=O)NC(CCC(=O)O)C(=O)O.COc1cc(CC(=S)C(=O)O)cc(OC)c1OC.O=C(O)C[C@H](O)[C@H](CC1CCCCC1)NC(=O)OCC1c2ccccc2-c2ccccc21. The molecule has 1 saturated carbocycles. The van der Waals surface area contributed by atoms with E-state index in [0.717, 1.165) is 47.9 Å². The van der Waals surface area contributed by atoms with Crippen molar-refractivity contribution in [1.29, 1.82) is 0 Å². The van der Waals surface area contributed by atoms with Gasteiger partial charge in [-0.25, -0.2) is 14.4 Å². The van der Waals surface area contributed by atoms with E-state index in [1.165, 1.54) is 34.7 Å². The zero-order chi connectivity index (χ0) is 46.6. The molecular weight excluding hydrogens is 841 g/mol. The number of alkyl carbamates (subject to hydrolysis) is 1. The summed E-state index contributed by atoms with van der Waals surface area (Å²) in [5, 5.41) is 50.0. The molecule has 2 aliphatic rings. The summed E-state index contributed by atoms with van der Waals surface area (Å²) < 4.78 is 21.1. The third-order valence-electron chi connectivity index (χ3n) is 10.5. The average molecular weight is 897 g/mol. The molecule has 63 heavy (non-hydrogen) atoms. The van der Waals surface area contributed by atoms with Gasteiger partial charge in [0.1, 0.15) is 17.5 Å². The van der Waals surface area contributed by atoms with Crippen LogP contribution in [0.3, 0.4) is 0 Å². The molecule has 5 rings (SSSR count). The number of hydrogen-bond acceptors (Lipinski definition) is 12. The van der Waals surface area contributed by atoms with Crippen molar-refractivity contribution in [3.8, 4) is 28.4 Å². The second-order valence-corrected chi connectivity index (χ2v) is 15.4. The van der Waals surface area contributed by atoms with Crippen LogP contribution in [0.4, 0.5) is 4.79 Å². The maximum Gasteiger partial charge on any atom is 0.407 e. The Balaban J connectivity index is 0.000000287. The lowest BCUT2D eigenvalue weighted by Crippen LogP contribution is -2.46. The lowest BCUT2D eigenvalue weighted by atomic mass is 9.83. The van der Waals surface area contributed by atoms with Crippen molar-refractivity contribution in [2.45, 2.75) is 95.2 Å². The molecule has 7 N–H and O–H groups in total. The predicted molar refractivity (Wildman–Crippen MR) is 234 cm³/mol. The summed E-state index contributed by atoms with van der Waals surface area (Å²) in [6.07, 6.45) is 3.73. The van der Waals surface area contributed by atoms with Crippen LogP contribution in [0.1, 0.15) is 87.3 Å². The van der Waals surface area contributed by atoms with Gasteiger partial charge in [0.2, 0.25) is 11.7 Å². The summed E-state index contributed by atoms with van der Waals surface area (Å²) in [6, 6.07) is 17.9. The first-order valence-electron chi connectivity index (χ1n) is 20.3. The summed E-state index contributed by atoms with van der Waals surface area (Å²) in [7, 11) is 4.50. The second kappa shape index (κ2) is 25.6. The van der Waals surface area contributed by atoms with Crippen LogP contribution in [0.5, 0.6) is 17.2 Å². The lowest BCUT2D eigenvalue weighted by molar-refractivity contribution is -0.143. The zero-order valence-electron chi connectivity index (χ0n) is 35.7. The number of thiocarbonyl (C=S) groups is 1. The molecule has 17 nitrogen and oxygen atoms in total. The Morgan fingerprint density at radius 2 is 1.33 bits per heavy atom. The van der Waals surface area contributed by atoms with E-state index in [1.54, 1.807) is 12.1 Å². The fraction of sp³-hybridized carbons (Fsp3) is 0.444. The number of hydrogen-bond donors (Lipinski definition) is 7. The Labute approximate surface area is 370 Å². The van der Waals surface area contributed by atoms with Crippen LogP contribution in [-0.4, -0.2) is 112 Å². The molecule has 2 amide bonds. The topological polar surface area (TPSA) is 265 Å². The van der Waals surface area contributed by atoms with Crippen LogP contribution in [0, 0.1) is 5.92 Å². The summed E-state index contributed by atoms with van der Waals surface area (Å²) in [5.41, 5.74) is 5.27. The number of aliphatic hydroxyl groups is 1. The summed E-state index contributed by atoms with van der Waals surface area (Å²) in [6.45, 7) is 1.36. The normalized spacial score (nSPS) is 14.2. The summed E-state index contributed by atoms with van der Waals surface area (Å²) >= 11 is 4.77. The van der Waals surface area contributed by atoms with Gasteiger partial charge in [0.05, 0.1) is 39.9 Å². The number of carbonyl (C=O) groups excluding carboxylic acids is 2. The number of aliphatic carboxylic acids is 4. The molecule has 0 aromatic heterocycles. The molecule has 0 bridgehead atoms. The zero-order valence-corrected chi connectivity index (χ0v) is 36.5. The van der Waals surface area contributed by atoms with Crippen molar-refractivity contribution in [2.75, 3.05) is 27.9 Å². The first kappa shape index (κ1) is 51.1. The lowest BCUT2D eigenvalue weighted by Gasteiger charge is -2.29. The van der Waals surface area contributed by atoms with E-state index in [0.29, 0.717) is 35.2 Å². The number of nitrogens with one attached hydrogen (secondary N) is 2. The quantitative estimate of drug-likeness (QED) is 0.0696. The van der Waals surface area contributed by atoms with E-state index < -0.39 is 60.5 Å². The highest BCUT2D eigenvalue weighted by Gasteiger charge is 2.31. The third kappa shape index (κ3) is 16.2. The van der Waals surface area contributed by atoms with Gasteiger partial charge in [-0.3, -0.25) is 14.4 Å². The van der Waals surface area contributed by atoms with Gasteiger partial charge in [-0.2, -0.15) is 0 Å². The molecule has 18 heteroatoms. The first-order chi connectivity index (χ1) is 30.0. The Morgan fingerprint density at radius 3 is 1.79 bits per heavy atom. The van der Waals surface area contributed by atoms with Crippen LogP contribution in [0.15, 0.2) is 60.7 Å². The first-order valence-corrected chi connectivity index (χ1v) is 20.7. The van der Waals surface area contributed by atoms with Crippen LogP contribution >= 0.6 is 12.2 Å². The highest BCUT2D eigenvalue weighted by Crippen LogP contribution is 2.44. The number of carboxylic acids is 4. The Hall–Kier alpha value is -6.27. The van der Waals surface area contributed by atoms with E-state index >= 15 is 0 Å². The molecule has 0 saturated heterocycles. The van der Waals surface area contributed by atoms with Crippen LogP contribution in [0.2, 0.25) is 0 Å². The smallest absolute Gasteiger partial charge is 0.407 e. The number of carbonyl (C=O) groups is 6. The number of aliphatic hydroxyl groups excluding tert-OH is 1. The molecule has 2 aliphatic carbocycles. The number of fused-ring (bicyclic) bond motifs is 3. The number of rotatable bonds is 19.